The van der Waals surface area contributed by atoms with E-state index in [2.05, 4.69) is 41.5 Å². The van der Waals surface area contributed by atoms with Crippen LogP contribution in [-0.4, -0.2) is 26.1 Å². The Balaban J connectivity index is 2.12. The van der Waals surface area contributed by atoms with E-state index in [9.17, 15) is 4.79 Å². The molecule has 0 aliphatic rings. The minimum Gasteiger partial charge on any atom is -0.288 e. The summed E-state index contributed by atoms with van der Waals surface area (Å²) in [6.45, 7) is 2.15. The summed E-state index contributed by atoms with van der Waals surface area (Å²) in [5, 5.41) is 16.7. The van der Waals surface area contributed by atoms with Crippen LogP contribution in [0.4, 0.5) is 0 Å². The number of unbranched alkanes of at least 4 members (excludes halogenated alkanes) is 1. The van der Waals surface area contributed by atoms with Gasteiger partial charge in [0, 0.05) is 6.08 Å². The lowest BCUT2D eigenvalue weighted by Gasteiger charge is -2.12. The van der Waals surface area contributed by atoms with Gasteiger partial charge in [0.05, 0.1) is 12.2 Å². The number of benzene rings is 1. The highest BCUT2D eigenvalue weighted by molar-refractivity contribution is 5.90. The van der Waals surface area contributed by atoms with Crippen molar-refractivity contribution >= 4 is 18.1 Å². The van der Waals surface area contributed by atoms with E-state index in [4.69, 9.17) is 5.21 Å². The van der Waals surface area contributed by atoms with Gasteiger partial charge in [0.1, 0.15) is 5.69 Å². The molecule has 126 valence electrons. The highest BCUT2D eigenvalue weighted by atomic mass is 16.5. The van der Waals surface area contributed by atoms with Gasteiger partial charge in [0.15, 0.2) is 0 Å². The lowest BCUT2D eigenvalue weighted by atomic mass is 10.1. The third-order valence-electron chi connectivity index (χ3n) is 3.55. The highest BCUT2D eigenvalue weighted by Crippen LogP contribution is 2.18. The number of aromatic nitrogens is 3. The van der Waals surface area contributed by atoms with E-state index in [1.54, 1.807) is 10.9 Å². The van der Waals surface area contributed by atoms with Crippen molar-refractivity contribution in [3.63, 3.8) is 0 Å². The molecule has 6 nitrogen and oxygen atoms in total. The first-order chi connectivity index (χ1) is 11.7. The summed E-state index contributed by atoms with van der Waals surface area (Å²) < 4.78 is 1.80. The number of hydrogen-bond acceptors (Lipinski definition) is 4. The summed E-state index contributed by atoms with van der Waals surface area (Å²) in [6.07, 6.45) is 11.8. The molecule has 2 N–H and O–H groups in total. The van der Waals surface area contributed by atoms with Crippen LogP contribution in [-0.2, 0) is 4.79 Å². The fourth-order valence-electron chi connectivity index (χ4n) is 2.24. The van der Waals surface area contributed by atoms with Gasteiger partial charge in [-0.3, -0.25) is 10.0 Å². The molecule has 0 bridgehead atoms. The van der Waals surface area contributed by atoms with Crippen molar-refractivity contribution in [3.8, 4) is 0 Å². The second kappa shape index (κ2) is 9.42. The lowest BCUT2D eigenvalue weighted by molar-refractivity contribution is -0.124. The highest BCUT2D eigenvalue weighted by Gasteiger charge is 2.09. The van der Waals surface area contributed by atoms with E-state index < -0.39 is 5.91 Å². The van der Waals surface area contributed by atoms with Crippen LogP contribution in [0.25, 0.3) is 12.2 Å². The summed E-state index contributed by atoms with van der Waals surface area (Å²) in [7, 11) is 0. The molecule has 1 aromatic carbocycles. The third-order valence-corrected chi connectivity index (χ3v) is 3.55. The number of carbonyl (C=O) groups is 1. The minimum atomic E-state index is -0.601. The maximum absolute atomic E-state index is 11.0. The Morgan fingerprint density at radius 3 is 2.83 bits per heavy atom. The predicted octanol–water partition coefficient (Wildman–Crippen LogP) is 3.24. The Morgan fingerprint density at radius 2 is 2.12 bits per heavy atom. The molecule has 0 fully saturated rings. The lowest BCUT2D eigenvalue weighted by Crippen LogP contribution is -2.14. The van der Waals surface area contributed by atoms with Gasteiger partial charge in [-0.1, -0.05) is 67.5 Å². The summed E-state index contributed by atoms with van der Waals surface area (Å²) in [4.78, 5) is 11.0. The molecule has 24 heavy (non-hydrogen) atoms. The smallest absolute Gasteiger partial charge is 0.267 e. The van der Waals surface area contributed by atoms with Gasteiger partial charge >= 0.3 is 0 Å². The standard InChI is InChI=1S/C18H22N4O2/c1-2-3-9-17(12-10-15-7-5-4-6-8-15)22-14-16(19-21-22)11-13-18(23)20-24/h4-8,10-14,17,24H,2-3,9H2,1H3,(H,20,23)/b12-10+,13-11+. The van der Waals surface area contributed by atoms with E-state index in [1.165, 1.54) is 17.6 Å². The molecule has 6 heteroatoms. The SMILES string of the molecule is CCCCC(/C=C/c1ccccc1)n1cc(/C=C/C(=O)NO)nn1. The van der Waals surface area contributed by atoms with Crippen molar-refractivity contribution in [2.45, 2.75) is 32.2 Å². The average molecular weight is 326 g/mol. The van der Waals surface area contributed by atoms with Crippen molar-refractivity contribution in [1.29, 1.82) is 0 Å². The Morgan fingerprint density at radius 1 is 1.33 bits per heavy atom. The van der Waals surface area contributed by atoms with E-state index in [0.29, 0.717) is 5.69 Å². The molecule has 0 aliphatic heterocycles. The number of hydroxylamine groups is 1. The Bertz CT molecular complexity index is 692. The fraction of sp³-hybridized carbons (Fsp3) is 0.278. The minimum absolute atomic E-state index is 0.103. The summed E-state index contributed by atoms with van der Waals surface area (Å²) in [5.41, 5.74) is 3.24. The summed E-state index contributed by atoms with van der Waals surface area (Å²) in [5.74, 6) is -0.601. The monoisotopic (exact) mass is 326 g/mol. The van der Waals surface area contributed by atoms with Crippen molar-refractivity contribution < 1.29 is 10.0 Å². The molecule has 2 aromatic rings. The maximum Gasteiger partial charge on any atom is 0.267 e. The van der Waals surface area contributed by atoms with Crippen molar-refractivity contribution in [2.24, 2.45) is 0 Å². The molecule has 0 saturated heterocycles. The first-order valence-electron chi connectivity index (χ1n) is 8.00. The Kier molecular flexibility index (Phi) is 6.91. The van der Waals surface area contributed by atoms with Crippen LogP contribution < -0.4 is 5.48 Å². The Labute approximate surface area is 141 Å². The Hall–Kier alpha value is -2.73. The van der Waals surface area contributed by atoms with Crippen LogP contribution in [0.3, 0.4) is 0 Å². The summed E-state index contributed by atoms with van der Waals surface area (Å²) in [6, 6.07) is 10.2. The number of amides is 1. The molecule has 0 aliphatic carbocycles. The maximum atomic E-state index is 11.0. The van der Waals surface area contributed by atoms with Crippen LogP contribution in [0.1, 0.15) is 43.5 Å². The van der Waals surface area contributed by atoms with Crippen molar-refractivity contribution in [2.75, 3.05) is 0 Å². The molecule has 2 rings (SSSR count). The molecular formula is C18H22N4O2. The van der Waals surface area contributed by atoms with Crippen LogP contribution in [0.2, 0.25) is 0 Å². The fourth-order valence-corrected chi connectivity index (χ4v) is 2.24. The molecule has 1 atom stereocenters. The normalized spacial score (nSPS) is 12.8. The molecule has 0 saturated carbocycles. The first-order valence-corrected chi connectivity index (χ1v) is 8.00. The van der Waals surface area contributed by atoms with Gasteiger partial charge in [-0.05, 0) is 18.1 Å². The van der Waals surface area contributed by atoms with Crippen LogP contribution in [0, 0.1) is 0 Å². The molecule has 1 heterocycles. The van der Waals surface area contributed by atoms with Crippen molar-refractivity contribution in [3.05, 3.63) is 59.9 Å². The topological polar surface area (TPSA) is 80.0 Å². The molecule has 0 radical (unpaired) electrons. The molecule has 0 spiro atoms. The largest absolute Gasteiger partial charge is 0.288 e. The van der Waals surface area contributed by atoms with Crippen molar-refractivity contribution in [1.82, 2.24) is 20.5 Å². The van der Waals surface area contributed by atoms with Gasteiger partial charge in [-0.2, -0.15) is 0 Å². The van der Waals surface area contributed by atoms with Gasteiger partial charge in [-0.15, -0.1) is 5.10 Å². The number of nitrogens with zero attached hydrogens (tertiary/aromatic N) is 3. The zero-order valence-electron chi connectivity index (χ0n) is 13.7. The average Bonchev–Trinajstić information content (AvgIpc) is 3.09. The van der Waals surface area contributed by atoms with Crippen LogP contribution >= 0.6 is 0 Å². The quantitative estimate of drug-likeness (QED) is 0.443. The van der Waals surface area contributed by atoms with E-state index >= 15 is 0 Å². The third kappa shape index (κ3) is 5.48. The van der Waals surface area contributed by atoms with Gasteiger partial charge in [0.25, 0.3) is 5.91 Å². The van der Waals surface area contributed by atoms with E-state index in [1.807, 2.05) is 18.2 Å². The molecular weight excluding hydrogens is 304 g/mol. The molecule has 1 amide bonds. The molecule has 1 aromatic heterocycles. The number of hydrogen-bond donors (Lipinski definition) is 2. The number of nitrogens with one attached hydrogen (secondary N) is 1. The van der Waals surface area contributed by atoms with Gasteiger partial charge in [0.2, 0.25) is 0 Å². The number of carbonyl (C=O) groups excluding carboxylic acids is 1. The summed E-state index contributed by atoms with van der Waals surface area (Å²) >= 11 is 0. The van der Waals surface area contributed by atoms with E-state index in [-0.39, 0.29) is 6.04 Å². The predicted molar refractivity (Wildman–Crippen MR) is 93.0 cm³/mol. The van der Waals surface area contributed by atoms with Gasteiger partial charge in [-0.25, -0.2) is 10.2 Å². The second-order valence-electron chi connectivity index (χ2n) is 5.41. The van der Waals surface area contributed by atoms with Crippen LogP contribution in [0.5, 0.6) is 0 Å². The second-order valence-corrected chi connectivity index (χ2v) is 5.41. The number of allylic oxidation sites excluding steroid dienone is 1. The zero-order chi connectivity index (χ0) is 17.2. The zero-order valence-corrected chi connectivity index (χ0v) is 13.7. The van der Waals surface area contributed by atoms with E-state index in [0.717, 1.165) is 24.8 Å². The number of rotatable bonds is 8. The molecule has 1 unspecified atom stereocenters. The van der Waals surface area contributed by atoms with Gasteiger partial charge < -0.3 is 0 Å². The first kappa shape index (κ1) is 17.6. The van der Waals surface area contributed by atoms with Crippen LogP contribution in [0.15, 0.2) is 48.7 Å².